The summed E-state index contributed by atoms with van der Waals surface area (Å²) in [5.41, 5.74) is 9.46. The lowest BCUT2D eigenvalue weighted by Gasteiger charge is -2.09. The van der Waals surface area contributed by atoms with Crippen LogP contribution in [0.3, 0.4) is 0 Å². The Labute approximate surface area is 148 Å². The first-order valence-electron chi connectivity index (χ1n) is 6.91. The van der Waals surface area contributed by atoms with Crippen LogP contribution in [-0.4, -0.2) is 12.1 Å². The molecule has 0 atom stereocenters. The summed E-state index contributed by atoms with van der Waals surface area (Å²) in [5, 5.41) is 3.88. The van der Waals surface area contributed by atoms with Crippen LogP contribution in [0.5, 0.6) is 5.75 Å². The molecule has 0 radical (unpaired) electrons. The van der Waals surface area contributed by atoms with Crippen LogP contribution in [-0.2, 0) is 6.54 Å². The van der Waals surface area contributed by atoms with Gasteiger partial charge in [0, 0.05) is 28.1 Å². The van der Waals surface area contributed by atoms with Crippen LogP contribution < -0.4 is 10.5 Å². The Morgan fingerprint density at radius 1 is 1.17 bits per heavy atom. The van der Waals surface area contributed by atoms with Crippen molar-refractivity contribution in [3.8, 4) is 27.6 Å². The van der Waals surface area contributed by atoms with Gasteiger partial charge in [0.15, 0.2) is 0 Å². The van der Waals surface area contributed by atoms with Crippen LogP contribution in [0.25, 0.3) is 21.8 Å². The summed E-state index contributed by atoms with van der Waals surface area (Å²) in [7, 11) is 1.58. The van der Waals surface area contributed by atoms with E-state index in [4.69, 9.17) is 38.7 Å². The Kier molecular flexibility index (Phi) is 4.87. The van der Waals surface area contributed by atoms with E-state index in [1.54, 1.807) is 30.6 Å². The third-order valence-corrected chi connectivity index (χ3v) is 4.83. The minimum Gasteiger partial charge on any atom is -0.494 e. The molecule has 3 rings (SSSR count). The molecule has 0 saturated carbocycles. The number of rotatable bonds is 4. The second-order valence-electron chi connectivity index (χ2n) is 4.87. The molecule has 2 aromatic carbocycles. The molecule has 0 bridgehead atoms. The van der Waals surface area contributed by atoms with E-state index in [1.165, 1.54) is 0 Å². The van der Waals surface area contributed by atoms with Gasteiger partial charge < -0.3 is 10.5 Å². The molecule has 0 fully saturated rings. The smallest absolute Gasteiger partial charge is 0.146 e. The average molecular weight is 365 g/mol. The minimum absolute atomic E-state index is 0.465. The maximum Gasteiger partial charge on any atom is 0.146 e. The summed E-state index contributed by atoms with van der Waals surface area (Å²) in [4.78, 5) is 4.72. The fraction of sp³-hybridized carbons (Fsp3) is 0.118. The topological polar surface area (TPSA) is 48.1 Å². The maximum absolute atomic E-state index is 6.21. The monoisotopic (exact) mass is 364 g/mol. The van der Waals surface area contributed by atoms with E-state index in [0.29, 0.717) is 22.3 Å². The molecule has 0 spiro atoms. The van der Waals surface area contributed by atoms with Crippen molar-refractivity contribution in [2.45, 2.75) is 6.54 Å². The third-order valence-electron chi connectivity index (χ3n) is 3.46. The zero-order valence-corrected chi connectivity index (χ0v) is 14.7. The van der Waals surface area contributed by atoms with Gasteiger partial charge in [0.05, 0.1) is 17.8 Å². The molecular formula is C17H14Cl2N2OS. The normalized spacial score (nSPS) is 10.8. The predicted octanol–water partition coefficient (Wildman–Crippen LogP) is 5.25. The molecule has 0 saturated heterocycles. The van der Waals surface area contributed by atoms with E-state index < -0.39 is 0 Å². The fourth-order valence-corrected chi connectivity index (χ4v) is 3.84. The van der Waals surface area contributed by atoms with Crippen molar-refractivity contribution < 1.29 is 4.74 Å². The largest absolute Gasteiger partial charge is 0.494 e. The first-order chi connectivity index (χ1) is 11.1. The molecule has 6 heteroatoms. The van der Waals surface area contributed by atoms with Crippen LogP contribution >= 0.6 is 34.5 Å². The van der Waals surface area contributed by atoms with Crippen molar-refractivity contribution in [3.05, 3.63) is 57.4 Å². The molecule has 0 aliphatic carbocycles. The van der Waals surface area contributed by atoms with E-state index in [-0.39, 0.29) is 0 Å². The number of halogens is 2. The number of benzene rings is 2. The SMILES string of the molecule is COc1c(Cl)cc(Cl)cc1-c1csc(-c2ccccc2CN)n1. The molecule has 0 aliphatic heterocycles. The molecular weight excluding hydrogens is 351 g/mol. The van der Waals surface area contributed by atoms with Crippen molar-refractivity contribution in [1.29, 1.82) is 0 Å². The first kappa shape index (κ1) is 16.3. The summed E-state index contributed by atoms with van der Waals surface area (Å²) >= 11 is 13.9. The highest BCUT2D eigenvalue weighted by Gasteiger charge is 2.16. The van der Waals surface area contributed by atoms with Crippen molar-refractivity contribution in [2.24, 2.45) is 5.73 Å². The first-order valence-corrected chi connectivity index (χ1v) is 8.55. The molecule has 0 amide bonds. The van der Waals surface area contributed by atoms with Crippen molar-refractivity contribution in [1.82, 2.24) is 4.98 Å². The van der Waals surface area contributed by atoms with Crippen molar-refractivity contribution in [3.63, 3.8) is 0 Å². The number of ether oxygens (including phenoxy) is 1. The molecule has 3 aromatic rings. The summed E-state index contributed by atoms with van der Waals surface area (Å²) in [6.07, 6.45) is 0. The van der Waals surface area contributed by atoms with Gasteiger partial charge in [-0.3, -0.25) is 0 Å². The van der Waals surface area contributed by atoms with Crippen LogP contribution in [0.1, 0.15) is 5.56 Å². The van der Waals surface area contributed by atoms with Crippen molar-refractivity contribution >= 4 is 34.5 Å². The van der Waals surface area contributed by atoms with Gasteiger partial charge in [0.2, 0.25) is 0 Å². The molecule has 0 unspecified atom stereocenters. The minimum atomic E-state index is 0.465. The maximum atomic E-state index is 6.21. The zero-order chi connectivity index (χ0) is 16.4. The summed E-state index contributed by atoms with van der Waals surface area (Å²) in [5.74, 6) is 0.569. The summed E-state index contributed by atoms with van der Waals surface area (Å²) in [6.45, 7) is 0.470. The predicted molar refractivity (Wildman–Crippen MR) is 97.4 cm³/mol. The lowest BCUT2D eigenvalue weighted by atomic mass is 10.1. The molecule has 2 N–H and O–H groups in total. The number of hydrogen-bond donors (Lipinski definition) is 1. The van der Waals surface area contributed by atoms with Gasteiger partial charge in [-0.25, -0.2) is 4.98 Å². The fourth-order valence-electron chi connectivity index (χ4n) is 2.39. The van der Waals surface area contributed by atoms with Gasteiger partial charge in [-0.2, -0.15) is 0 Å². The van der Waals surface area contributed by atoms with E-state index >= 15 is 0 Å². The Morgan fingerprint density at radius 3 is 2.70 bits per heavy atom. The number of methoxy groups -OCH3 is 1. The van der Waals surface area contributed by atoms with Gasteiger partial charge in [-0.05, 0) is 17.7 Å². The van der Waals surface area contributed by atoms with E-state index in [1.807, 2.05) is 29.6 Å². The highest BCUT2D eigenvalue weighted by atomic mass is 35.5. The lowest BCUT2D eigenvalue weighted by molar-refractivity contribution is 0.416. The average Bonchev–Trinajstić information content (AvgIpc) is 3.03. The molecule has 3 nitrogen and oxygen atoms in total. The van der Waals surface area contributed by atoms with E-state index in [9.17, 15) is 0 Å². The highest BCUT2D eigenvalue weighted by molar-refractivity contribution is 7.13. The van der Waals surface area contributed by atoms with Crippen LogP contribution in [0.2, 0.25) is 10.0 Å². The van der Waals surface area contributed by atoms with Crippen molar-refractivity contribution in [2.75, 3.05) is 7.11 Å². The highest BCUT2D eigenvalue weighted by Crippen LogP contribution is 2.40. The Morgan fingerprint density at radius 2 is 1.96 bits per heavy atom. The molecule has 1 aromatic heterocycles. The number of nitrogens with two attached hydrogens (primary N) is 1. The van der Waals surface area contributed by atoms with E-state index in [2.05, 4.69) is 0 Å². The summed E-state index contributed by atoms with van der Waals surface area (Å²) in [6, 6.07) is 11.4. The standard InChI is InChI=1S/C17H14Cl2N2OS/c1-22-16-13(6-11(18)7-14(16)19)15-9-23-17(21-15)12-5-3-2-4-10(12)8-20/h2-7,9H,8,20H2,1H3. The third kappa shape index (κ3) is 3.21. The quantitative estimate of drug-likeness (QED) is 0.687. The van der Waals surface area contributed by atoms with Crippen LogP contribution in [0.15, 0.2) is 41.8 Å². The number of thiazole rings is 1. The second-order valence-corrected chi connectivity index (χ2v) is 6.57. The van der Waals surface area contributed by atoms with Gasteiger partial charge >= 0.3 is 0 Å². The van der Waals surface area contributed by atoms with Gasteiger partial charge in [0.1, 0.15) is 10.8 Å². The van der Waals surface area contributed by atoms with Gasteiger partial charge in [-0.1, -0.05) is 47.5 Å². The second kappa shape index (κ2) is 6.89. The molecule has 0 aliphatic rings. The molecule has 23 heavy (non-hydrogen) atoms. The van der Waals surface area contributed by atoms with Gasteiger partial charge in [0.25, 0.3) is 0 Å². The number of hydrogen-bond acceptors (Lipinski definition) is 4. The zero-order valence-electron chi connectivity index (χ0n) is 12.3. The lowest BCUT2D eigenvalue weighted by Crippen LogP contribution is -1.98. The number of aromatic nitrogens is 1. The van der Waals surface area contributed by atoms with E-state index in [0.717, 1.165) is 27.4 Å². The summed E-state index contributed by atoms with van der Waals surface area (Å²) < 4.78 is 5.40. The molecule has 118 valence electrons. The molecule has 1 heterocycles. The number of nitrogens with zero attached hydrogens (tertiary/aromatic N) is 1. The Hall–Kier alpha value is -1.59. The van der Waals surface area contributed by atoms with Gasteiger partial charge in [-0.15, -0.1) is 11.3 Å². The Bertz CT molecular complexity index is 848. The Balaban J connectivity index is 2.10. The van der Waals surface area contributed by atoms with Crippen LogP contribution in [0.4, 0.5) is 0 Å². The van der Waals surface area contributed by atoms with Crippen LogP contribution in [0, 0.1) is 0 Å².